The van der Waals surface area contributed by atoms with Crippen molar-refractivity contribution in [2.45, 2.75) is 58.1 Å². The topological polar surface area (TPSA) is 30.5 Å². The fourth-order valence-corrected chi connectivity index (χ4v) is 2.18. The van der Waals surface area contributed by atoms with Gasteiger partial charge in [0.15, 0.2) is 0 Å². The molecule has 0 spiro atoms. The molecule has 0 radical (unpaired) electrons. The van der Waals surface area contributed by atoms with Crippen LogP contribution < -0.4 is 5.32 Å². The maximum Gasteiger partial charge on any atom is 0.0620 e. The summed E-state index contributed by atoms with van der Waals surface area (Å²) in [6.45, 7) is 7.93. The van der Waals surface area contributed by atoms with Crippen molar-refractivity contribution in [1.29, 1.82) is 0 Å². The van der Waals surface area contributed by atoms with Crippen LogP contribution in [0.1, 0.15) is 46.0 Å². The SMILES string of the molecule is CCCOCC(CC1CCCCO1)NCC. The van der Waals surface area contributed by atoms with Gasteiger partial charge >= 0.3 is 0 Å². The molecule has 3 nitrogen and oxygen atoms in total. The maximum atomic E-state index is 5.77. The van der Waals surface area contributed by atoms with Crippen molar-refractivity contribution < 1.29 is 9.47 Å². The van der Waals surface area contributed by atoms with Gasteiger partial charge in [-0.05, 0) is 38.6 Å². The van der Waals surface area contributed by atoms with E-state index in [1.807, 2.05) is 0 Å². The molecule has 1 N–H and O–H groups in total. The molecule has 0 aromatic heterocycles. The summed E-state index contributed by atoms with van der Waals surface area (Å²) in [6, 6.07) is 0.458. The Bertz CT molecular complexity index is 158. The minimum absolute atomic E-state index is 0.447. The molecule has 0 aromatic rings. The van der Waals surface area contributed by atoms with Gasteiger partial charge in [0.05, 0.1) is 12.7 Å². The van der Waals surface area contributed by atoms with Crippen molar-refractivity contribution >= 4 is 0 Å². The molecule has 16 heavy (non-hydrogen) atoms. The highest BCUT2D eigenvalue weighted by molar-refractivity contribution is 4.73. The highest BCUT2D eigenvalue weighted by Crippen LogP contribution is 2.17. The van der Waals surface area contributed by atoms with Gasteiger partial charge in [-0.15, -0.1) is 0 Å². The summed E-state index contributed by atoms with van der Waals surface area (Å²) >= 11 is 0. The van der Waals surface area contributed by atoms with Gasteiger partial charge < -0.3 is 14.8 Å². The molecule has 0 saturated carbocycles. The Balaban J connectivity index is 2.19. The third kappa shape index (κ3) is 5.83. The molecular formula is C13H27NO2. The normalized spacial score (nSPS) is 23.2. The van der Waals surface area contributed by atoms with Crippen LogP contribution in [-0.4, -0.2) is 38.5 Å². The van der Waals surface area contributed by atoms with Crippen LogP contribution in [0.25, 0.3) is 0 Å². The molecule has 0 aliphatic carbocycles. The molecule has 2 atom stereocenters. The van der Waals surface area contributed by atoms with Crippen LogP contribution in [0.4, 0.5) is 0 Å². The first kappa shape index (κ1) is 13.9. The van der Waals surface area contributed by atoms with E-state index in [2.05, 4.69) is 19.2 Å². The first-order valence-electron chi connectivity index (χ1n) is 6.79. The fourth-order valence-electron chi connectivity index (χ4n) is 2.18. The standard InChI is InChI=1S/C13H27NO2/c1-3-8-15-11-12(14-4-2)10-13-7-5-6-9-16-13/h12-14H,3-11H2,1-2H3. The van der Waals surface area contributed by atoms with E-state index in [0.29, 0.717) is 12.1 Å². The first-order valence-corrected chi connectivity index (χ1v) is 6.79. The van der Waals surface area contributed by atoms with Crippen molar-refractivity contribution in [2.75, 3.05) is 26.4 Å². The van der Waals surface area contributed by atoms with Crippen LogP contribution in [0.2, 0.25) is 0 Å². The van der Waals surface area contributed by atoms with Crippen LogP contribution in [0.3, 0.4) is 0 Å². The van der Waals surface area contributed by atoms with Gasteiger partial charge in [0, 0.05) is 19.3 Å². The van der Waals surface area contributed by atoms with E-state index in [9.17, 15) is 0 Å². The molecule has 1 heterocycles. The number of likely N-dealkylation sites (N-methyl/N-ethyl adjacent to an activating group) is 1. The molecule has 1 rings (SSSR count). The van der Waals surface area contributed by atoms with Crippen molar-refractivity contribution in [3.8, 4) is 0 Å². The van der Waals surface area contributed by atoms with Crippen LogP contribution in [0.5, 0.6) is 0 Å². The lowest BCUT2D eigenvalue weighted by Crippen LogP contribution is -2.38. The molecule has 1 aliphatic heterocycles. The van der Waals surface area contributed by atoms with Gasteiger partial charge in [-0.25, -0.2) is 0 Å². The summed E-state index contributed by atoms with van der Waals surface area (Å²) in [7, 11) is 0. The summed E-state index contributed by atoms with van der Waals surface area (Å²) in [5.74, 6) is 0. The predicted molar refractivity (Wildman–Crippen MR) is 66.8 cm³/mol. The maximum absolute atomic E-state index is 5.77. The zero-order chi connectivity index (χ0) is 11.6. The molecule has 0 aromatic carbocycles. The zero-order valence-electron chi connectivity index (χ0n) is 10.8. The lowest BCUT2D eigenvalue weighted by atomic mass is 10.0. The van der Waals surface area contributed by atoms with Gasteiger partial charge in [-0.3, -0.25) is 0 Å². The van der Waals surface area contributed by atoms with Gasteiger partial charge in [-0.2, -0.15) is 0 Å². The van der Waals surface area contributed by atoms with Crippen molar-refractivity contribution in [3.05, 3.63) is 0 Å². The second-order valence-electron chi connectivity index (χ2n) is 4.55. The Morgan fingerprint density at radius 2 is 2.25 bits per heavy atom. The Morgan fingerprint density at radius 3 is 2.88 bits per heavy atom. The summed E-state index contributed by atoms with van der Waals surface area (Å²) in [5, 5.41) is 3.48. The van der Waals surface area contributed by atoms with E-state index >= 15 is 0 Å². The van der Waals surface area contributed by atoms with Gasteiger partial charge in [0.2, 0.25) is 0 Å². The molecule has 1 fully saturated rings. The largest absolute Gasteiger partial charge is 0.380 e. The third-order valence-electron chi connectivity index (χ3n) is 2.98. The number of hydrogen-bond donors (Lipinski definition) is 1. The predicted octanol–water partition coefficient (Wildman–Crippen LogP) is 2.35. The van der Waals surface area contributed by atoms with E-state index in [-0.39, 0.29) is 0 Å². The van der Waals surface area contributed by atoms with E-state index in [1.165, 1.54) is 19.3 Å². The average molecular weight is 229 g/mol. The highest BCUT2D eigenvalue weighted by atomic mass is 16.5. The number of nitrogens with one attached hydrogen (secondary N) is 1. The van der Waals surface area contributed by atoms with E-state index in [0.717, 1.165) is 39.2 Å². The van der Waals surface area contributed by atoms with Crippen LogP contribution in [0.15, 0.2) is 0 Å². The van der Waals surface area contributed by atoms with Gasteiger partial charge in [-0.1, -0.05) is 13.8 Å². The van der Waals surface area contributed by atoms with Crippen molar-refractivity contribution in [3.63, 3.8) is 0 Å². The number of rotatable bonds is 8. The summed E-state index contributed by atoms with van der Waals surface area (Å²) in [5.41, 5.74) is 0. The zero-order valence-corrected chi connectivity index (χ0v) is 10.8. The Labute approximate surface area is 99.9 Å². The van der Waals surface area contributed by atoms with Crippen molar-refractivity contribution in [1.82, 2.24) is 5.32 Å². The lowest BCUT2D eigenvalue weighted by molar-refractivity contribution is -0.00330. The molecule has 1 aliphatic rings. The quantitative estimate of drug-likeness (QED) is 0.648. The molecule has 0 bridgehead atoms. The van der Waals surface area contributed by atoms with E-state index in [4.69, 9.17) is 9.47 Å². The van der Waals surface area contributed by atoms with E-state index in [1.54, 1.807) is 0 Å². The third-order valence-corrected chi connectivity index (χ3v) is 2.98. The minimum Gasteiger partial charge on any atom is -0.380 e. The average Bonchev–Trinajstić information content (AvgIpc) is 2.31. The van der Waals surface area contributed by atoms with Gasteiger partial charge in [0.25, 0.3) is 0 Å². The monoisotopic (exact) mass is 229 g/mol. The first-order chi connectivity index (χ1) is 7.86. The van der Waals surface area contributed by atoms with Crippen molar-refractivity contribution in [2.24, 2.45) is 0 Å². The molecular weight excluding hydrogens is 202 g/mol. The number of ether oxygens (including phenoxy) is 2. The smallest absolute Gasteiger partial charge is 0.0620 e. The summed E-state index contributed by atoms with van der Waals surface area (Å²) in [4.78, 5) is 0. The van der Waals surface area contributed by atoms with Crippen LogP contribution in [-0.2, 0) is 9.47 Å². The van der Waals surface area contributed by atoms with Gasteiger partial charge in [0.1, 0.15) is 0 Å². The van der Waals surface area contributed by atoms with Crippen LogP contribution >= 0.6 is 0 Å². The Morgan fingerprint density at radius 1 is 1.38 bits per heavy atom. The highest BCUT2D eigenvalue weighted by Gasteiger charge is 2.18. The van der Waals surface area contributed by atoms with E-state index < -0.39 is 0 Å². The molecule has 2 unspecified atom stereocenters. The Hall–Kier alpha value is -0.120. The number of hydrogen-bond acceptors (Lipinski definition) is 3. The second kappa shape index (κ2) is 8.97. The molecule has 1 saturated heterocycles. The van der Waals surface area contributed by atoms with Crippen LogP contribution in [0, 0.1) is 0 Å². The lowest BCUT2D eigenvalue weighted by Gasteiger charge is -2.27. The minimum atomic E-state index is 0.447. The molecule has 96 valence electrons. The fraction of sp³-hybridized carbons (Fsp3) is 1.00. The summed E-state index contributed by atoms with van der Waals surface area (Å²) < 4.78 is 11.4. The Kier molecular flexibility index (Phi) is 7.81. The second-order valence-corrected chi connectivity index (χ2v) is 4.55. The molecule has 0 amide bonds. The molecule has 3 heteroatoms. The summed E-state index contributed by atoms with van der Waals surface area (Å²) in [6.07, 6.45) is 6.41.